The van der Waals surface area contributed by atoms with Crippen molar-refractivity contribution in [2.24, 2.45) is 0 Å². The van der Waals surface area contributed by atoms with E-state index in [1.807, 2.05) is 36.4 Å². The molecule has 8 aromatic rings. The van der Waals surface area contributed by atoms with Crippen LogP contribution in [0.5, 0.6) is 0 Å². The van der Waals surface area contributed by atoms with E-state index < -0.39 is 14.2 Å². The fourth-order valence-electron chi connectivity index (χ4n) is 10.6. The van der Waals surface area contributed by atoms with Gasteiger partial charge in [-0.25, -0.2) is 30.6 Å². The molecule has 0 saturated heterocycles. The van der Waals surface area contributed by atoms with Gasteiger partial charge in [-0.15, -0.1) is 0 Å². The molecule has 0 bridgehead atoms. The van der Waals surface area contributed by atoms with Crippen LogP contribution in [0.1, 0.15) is 372 Å². The first kappa shape index (κ1) is 88.9. The van der Waals surface area contributed by atoms with E-state index >= 15 is 0 Å². The average molecular weight is 1480 g/mol. The van der Waals surface area contributed by atoms with Crippen LogP contribution >= 0.6 is 0 Å². The Hall–Kier alpha value is -5.07. The van der Waals surface area contributed by atoms with Gasteiger partial charge in [0, 0.05) is 59.0 Å². The van der Waals surface area contributed by atoms with Crippen molar-refractivity contribution in [1.29, 1.82) is 0 Å². The fourth-order valence-corrected chi connectivity index (χ4v) is 10.6. The second kappa shape index (κ2) is 45.4. The summed E-state index contributed by atoms with van der Waals surface area (Å²) in [5.41, 5.74) is 14.3. The summed E-state index contributed by atoms with van der Waals surface area (Å²) in [5.74, 6) is 4.25. The molecule has 20 heteroatoms. The molecule has 0 aromatic carbocycles. The van der Waals surface area contributed by atoms with Gasteiger partial charge in [-0.05, 0) is 132 Å². The third kappa shape index (κ3) is 26.7. The van der Waals surface area contributed by atoms with Gasteiger partial charge in [-0.3, -0.25) is 9.97 Å². The van der Waals surface area contributed by atoms with E-state index in [0.717, 1.165) is 34.2 Å². The Bertz CT molecular complexity index is 2660. The number of aromatic nitrogens is 14. The topological polar surface area (TPSA) is 179 Å². The zero-order valence-electron chi connectivity index (χ0n) is 63.5. The molecule has 0 saturated carbocycles. The second-order valence-corrected chi connectivity index (χ2v) is 28.4. The van der Waals surface area contributed by atoms with E-state index in [-0.39, 0.29) is 40.8 Å². The van der Waals surface area contributed by atoms with Gasteiger partial charge in [0.05, 0.1) is 34.2 Å². The smallest absolute Gasteiger partial charge is 1.00 e. The molecule has 94 heavy (non-hydrogen) atoms. The predicted molar refractivity (Wildman–Crippen MR) is 388 cm³/mol. The molecule has 0 radical (unpaired) electrons. The Labute approximate surface area is 599 Å². The Morgan fingerprint density at radius 1 is 0.266 bits per heavy atom. The van der Waals surface area contributed by atoms with E-state index in [2.05, 4.69) is 268 Å². The van der Waals surface area contributed by atoms with Crippen LogP contribution < -0.4 is 10.5 Å². The van der Waals surface area contributed by atoms with Crippen LogP contribution in [-0.4, -0.2) is 82.4 Å². The third-order valence-corrected chi connectivity index (χ3v) is 16.2. The first-order valence-electron chi connectivity index (χ1n) is 35.3. The van der Waals surface area contributed by atoms with Crippen LogP contribution in [0.25, 0.3) is 0 Å². The van der Waals surface area contributed by atoms with E-state index in [0.29, 0.717) is 71.0 Å². The van der Waals surface area contributed by atoms with E-state index in [1.54, 1.807) is 24.8 Å². The summed E-state index contributed by atoms with van der Waals surface area (Å²) >= 11 is 0. The van der Waals surface area contributed by atoms with E-state index in [9.17, 15) is 0 Å². The number of unbranched alkanes of at least 4 members (excludes halogenated alkanes) is 4. The largest absolute Gasteiger partial charge is 2.00 e. The minimum atomic E-state index is -1.46. The second-order valence-electron chi connectivity index (χ2n) is 28.4. The van der Waals surface area contributed by atoms with Crippen molar-refractivity contribution in [1.82, 2.24) is 68.1 Å². The van der Waals surface area contributed by atoms with E-state index in [1.165, 1.54) is 72.7 Å². The number of nitrogens with zero attached hydrogens (tertiary/aromatic N) is 14. The van der Waals surface area contributed by atoms with Crippen molar-refractivity contribution in [2.45, 2.75) is 303 Å². The molecule has 0 amide bonds. The van der Waals surface area contributed by atoms with Crippen LogP contribution in [-0.2, 0) is 40.8 Å². The quantitative estimate of drug-likeness (QED) is 0.0360. The number of hydrogen-bond acceptors (Lipinski definition) is 10. The van der Waals surface area contributed by atoms with Gasteiger partial charge >= 0.3 is 55.1 Å². The molecule has 0 fully saturated rings. The van der Waals surface area contributed by atoms with Crippen LogP contribution in [0.15, 0.2) is 97.6 Å². The van der Waals surface area contributed by atoms with Gasteiger partial charge in [-0.1, -0.05) is 245 Å². The van der Waals surface area contributed by atoms with Crippen molar-refractivity contribution in [2.75, 3.05) is 0 Å². The van der Waals surface area contributed by atoms with E-state index in [4.69, 9.17) is 41.1 Å². The zero-order chi connectivity index (χ0) is 69.7. The summed E-state index contributed by atoms with van der Waals surface area (Å²) in [7, 11) is -2.92. The van der Waals surface area contributed by atoms with Crippen LogP contribution in [0, 0.1) is 0 Å². The molecule has 0 N–H and O–H groups in total. The summed E-state index contributed by atoms with van der Waals surface area (Å²) in [6.45, 7) is 62.5. The summed E-state index contributed by atoms with van der Waals surface area (Å²) in [6, 6.07) is 25.2. The Balaban J connectivity index is 0.00000134. The third-order valence-electron chi connectivity index (χ3n) is 16.2. The maximum absolute atomic E-state index is 7.00. The molecule has 0 spiro atoms. The summed E-state index contributed by atoms with van der Waals surface area (Å²) < 4.78 is 13.6. The fraction of sp³-hybridized carbons (Fsp3) is 0.622. The SMILES string of the molecule is CC(C)c1cc(C(C)C)n([BH-](n2nc(C(C)C)cc2C(C)C)n2nc(C(C)C)cc2C(C)C)n1.CC(C)c1cc(C(C)C)n([BH-](n2nc(C(C)C)cc2C(C)C)n2nc(C(C)C)cc2C(C)C)n1.CCCCC.CCCCC.[O-][O-].[Pd+2].[Pd+2].c1ccncc1.c1ccncc1. The molecule has 0 aliphatic rings. The molecule has 0 aliphatic heterocycles. The number of hydrogen-bond donors (Lipinski definition) is 0. The molecule has 8 aromatic heterocycles. The van der Waals surface area contributed by atoms with Crippen molar-refractivity contribution in [3.8, 4) is 0 Å². The maximum atomic E-state index is 7.00. The van der Waals surface area contributed by atoms with Gasteiger partial charge < -0.3 is 38.1 Å². The van der Waals surface area contributed by atoms with Gasteiger partial charge in [0.15, 0.2) is 0 Å². The van der Waals surface area contributed by atoms with Gasteiger partial charge in [0.2, 0.25) is 0 Å². The Kier molecular flexibility index (Phi) is 43.0. The minimum absolute atomic E-state index is 0. The maximum Gasteiger partial charge on any atom is 2.00 e. The molecule has 0 aliphatic carbocycles. The number of rotatable bonds is 22. The van der Waals surface area contributed by atoms with Crippen molar-refractivity contribution in [3.63, 3.8) is 0 Å². The van der Waals surface area contributed by atoms with Crippen molar-refractivity contribution < 1.29 is 51.4 Å². The molecular formula is C74H126B2N14O2Pd2. The standard InChI is InChI=1S/2C27H46BN6.2C5H5N.2C5H12.O2.2Pd/c2*1-16(2)22-13-25(19(7)8)32(29-22)28(33-26(20(9)10)14-23(30-33)17(3)4)34-27(21(11)12)15-24(31-34)18(5)6;2*1-2-4-6-5-3-1;2*1-3-5-4-2;1-2;;/h2*13-21,28H,1-12H3;2*1-5H;2*3-5H2,1-2H3;;;/q2*-1;;;;;-2;2*+2. The zero-order valence-corrected chi connectivity index (χ0v) is 66.6. The monoisotopic (exact) mass is 1480 g/mol. The molecule has 8 rings (SSSR count). The van der Waals surface area contributed by atoms with Crippen LogP contribution in [0.4, 0.5) is 0 Å². The normalized spacial score (nSPS) is 11.2. The van der Waals surface area contributed by atoms with Crippen molar-refractivity contribution >= 4 is 14.2 Å². The Morgan fingerprint density at radius 2 is 0.415 bits per heavy atom. The summed E-state index contributed by atoms with van der Waals surface area (Å²) in [6.07, 6.45) is 15.2. The molecule has 16 nitrogen and oxygen atoms in total. The van der Waals surface area contributed by atoms with Gasteiger partial charge in [0.25, 0.3) is 0 Å². The molecule has 8 heterocycles. The van der Waals surface area contributed by atoms with Gasteiger partial charge in [-0.2, -0.15) is 0 Å². The summed E-state index contributed by atoms with van der Waals surface area (Å²) in [5, 5.41) is 45.4. The number of pyridine rings is 2. The molecule has 530 valence electrons. The van der Waals surface area contributed by atoms with Gasteiger partial charge in [0.1, 0.15) is 0 Å². The first-order chi connectivity index (χ1) is 43.5. The Morgan fingerprint density at radius 3 is 0.489 bits per heavy atom. The molecule has 0 atom stereocenters. The predicted octanol–water partition coefficient (Wildman–Crippen LogP) is 17.5. The summed E-state index contributed by atoms with van der Waals surface area (Å²) in [4.78, 5) is 7.57. The molecule has 0 unspecified atom stereocenters. The minimum Gasteiger partial charge on any atom is -1.00 e. The van der Waals surface area contributed by atoms with Crippen molar-refractivity contribution in [3.05, 3.63) is 166 Å². The van der Waals surface area contributed by atoms with Crippen LogP contribution in [0.2, 0.25) is 0 Å². The van der Waals surface area contributed by atoms with Crippen LogP contribution in [0.3, 0.4) is 0 Å². The average Bonchev–Trinajstić information content (AvgIpc) is 1.60. The molecular weight excluding hydrogens is 1350 g/mol. The first-order valence-corrected chi connectivity index (χ1v) is 35.3.